The summed E-state index contributed by atoms with van der Waals surface area (Å²) >= 11 is 9.08. The van der Waals surface area contributed by atoms with E-state index in [2.05, 4.69) is 0 Å². The first-order chi connectivity index (χ1) is 55.7. The Hall–Kier alpha value is -11.7. The average molecular weight is 1630 g/mol. The van der Waals surface area contributed by atoms with Crippen LogP contribution in [0.3, 0.4) is 0 Å². The molecule has 21 nitrogen and oxygen atoms in total. The molecule has 3 amide bonds. The van der Waals surface area contributed by atoms with E-state index in [4.69, 9.17) is 57.0 Å². The summed E-state index contributed by atoms with van der Waals surface area (Å²) < 4.78 is 79.2. The van der Waals surface area contributed by atoms with Crippen LogP contribution >= 0.6 is 34.3 Å². The van der Waals surface area contributed by atoms with Gasteiger partial charge >= 0.3 is 0 Å². The zero-order valence-corrected chi connectivity index (χ0v) is 67.3. The van der Waals surface area contributed by atoms with Gasteiger partial charge in [-0.3, -0.25) is 42.5 Å². The Morgan fingerprint density at radius 3 is 1.12 bits per heavy atom. The van der Waals surface area contributed by atoms with Crippen molar-refractivity contribution in [2.24, 2.45) is 35.0 Å². The zero-order chi connectivity index (χ0) is 82.5. The highest BCUT2D eigenvalue weighted by Crippen LogP contribution is 2.38. The highest BCUT2D eigenvalue weighted by molar-refractivity contribution is 7.08. The van der Waals surface area contributed by atoms with Crippen molar-refractivity contribution in [1.82, 2.24) is 43.4 Å². The summed E-state index contributed by atoms with van der Waals surface area (Å²) in [5.41, 5.74) is 23.9. The Bertz CT molecular complexity index is 6290. The molecule has 6 N–H and O–H groups in total. The van der Waals surface area contributed by atoms with E-state index in [0.29, 0.717) is 72.1 Å². The summed E-state index contributed by atoms with van der Waals surface area (Å²) in [5, 5.41) is 9.44. The number of halogens is 5. The second kappa shape index (κ2) is 35.6. The van der Waals surface area contributed by atoms with Gasteiger partial charge in [-0.2, -0.15) is 22.7 Å². The van der Waals surface area contributed by atoms with E-state index in [-0.39, 0.29) is 133 Å². The van der Waals surface area contributed by atoms with Gasteiger partial charge in [0.05, 0.1) is 37.8 Å². The van der Waals surface area contributed by atoms with Crippen molar-refractivity contribution in [3.8, 4) is 0 Å². The van der Waals surface area contributed by atoms with Crippen LogP contribution in [-0.2, 0) is 19.6 Å². The van der Waals surface area contributed by atoms with E-state index in [0.717, 1.165) is 22.3 Å². The highest BCUT2D eigenvalue weighted by atomic mass is 35.5. The quantitative estimate of drug-likeness (QED) is 0.0474. The average Bonchev–Trinajstić information content (AvgIpc) is 1.56. The molecule has 0 aliphatic heterocycles. The SMILES string of the molecule is CC(C)[C@H](c1nc2c(oc3ccc(F)cc32)c(=O)n1Cc1ccccc1)N(CCN)C(=O)c1ccc(Cl)cc1.Cc1ccc(C(=O)N(CCN)[C@@H](c2nc3c(oc4ccc(F)cc43)c(=O)n2Cc2ccsc2)C(C)C)cc1.Cc1ccc(C(=O)N(CCN)[C@@H](c2nc3c(oc4ccc(F)cc43)c(=O)n2Cc2ccsc2)C(C)C)cc1F. The Kier molecular flexibility index (Phi) is 25.2. The molecular weight excluding hydrogens is 1540 g/mol. The van der Waals surface area contributed by atoms with Crippen molar-refractivity contribution in [1.29, 1.82) is 0 Å². The Morgan fingerprint density at radius 2 is 0.784 bits per heavy atom. The lowest BCUT2D eigenvalue weighted by atomic mass is 9.99. The van der Waals surface area contributed by atoms with Crippen LogP contribution in [0.4, 0.5) is 17.6 Å². The highest BCUT2D eigenvalue weighted by Gasteiger charge is 2.38. The number of hydrogen-bond donors (Lipinski definition) is 3. The summed E-state index contributed by atoms with van der Waals surface area (Å²) in [7, 11) is 0. The molecular formula is C88H85ClF4N12O9S2. The van der Waals surface area contributed by atoms with E-state index < -0.39 is 58.4 Å². The smallest absolute Gasteiger partial charge is 0.297 e. The number of carbonyl (C=O) groups is 3. The van der Waals surface area contributed by atoms with Crippen molar-refractivity contribution < 1.29 is 45.2 Å². The van der Waals surface area contributed by atoms with Crippen LogP contribution < -0.4 is 33.9 Å². The molecule has 598 valence electrons. The number of amides is 3. The van der Waals surface area contributed by atoms with Gasteiger partial charge in [0.2, 0.25) is 16.7 Å². The van der Waals surface area contributed by atoms with E-state index in [1.165, 1.54) is 92.8 Å². The lowest BCUT2D eigenvalue weighted by Gasteiger charge is -2.35. The monoisotopic (exact) mass is 1630 g/mol. The molecule has 0 saturated heterocycles. The molecule has 0 saturated carbocycles. The number of nitrogens with two attached hydrogens (primary N) is 3. The number of thiophene rings is 2. The van der Waals surface area contributed by atoms with E-state index in [1.54, 1.807) is 74.4 Å². The van der Waals surface area contributed by atoms with Gasteiger partial charge in [0.25, 0.3) is 34.4 Å². The van der Waals surface area contributed by atoms with Gasteiger partial charge in [0.15, 0.2) is 0 Å². The third-order valence-corrected chi connectivity index (χ3v) is 21.8. The van der Waals surface area contributed by atoms with Crippen LogP contribution in [0.15, 0.2) is 213 Å². The molecule has 0 unspecified atom stereocenters. The number of rotatable bonds is 24. The van der Waals surface area contributed by atoms with Gasteiger partial charge < -0.3 is 45.2 Å². The largest absolute Gasteiger partial charge is 0.448 e. The Labute approximate surface area is 676 Å². The molecule has 15 aromatic rings. The predicted molar refractivity (Wildman–Crippen MR) is 446 cm³/mol. The summed E-state index contributed by atoms with van der Waals surface area (Å²) in [6.45, 7) is 17.2. The summed E-state index contributed by atoms with van der Waals surface area (Å²) in [4.78, 5) is 103. The molecule has 0 bridgehead atoms. The van der Waals surface area contributed by atoms with Gasteiger partial charge in [0, 0.05) is 77.1 Å². The van der Waals surface area contributed by atoms with E-state index in [9.17, 15) is 46.3 Å². The number of nitrogens with zero attached hydrogens (tertiary/aromatic N) is 9. The standard InChI is InChI=1S/C30H28ClFN4O3.C29H28F2N4O3S.C29H29FN4O3S/c1-18(2)26(35(15-14-33)29(37)20-8-10-21(31)11-9-20)28-34-25-23-16-22(32)12-13-24(23)39-27(25)30(38)36(28)17-19-6-4-3-5-7-19;1-16(2)25(34(10-9-32)28(36)19-5-4-17(3)22(31)12-19)27-33-24-21-13-20(30)6-7-23(21)38-26(24)29(37)35(27)14-18-8-11-39-15-18;1-17(2)25(33(12-11-31)28(35)20-6-4-18(3)5-7-20)27-32-24-22-14-21(30)8-9-23(22)37-26(24)29(36)34(27)15-19-10-13-38-16-19/h3-13,16,18,26H,14-15,17,33H2,1-2H3;4-8,11-13,15-16,25H,9-10,14,32H2,1-3H3;4-10,13-14,16-17,25H,11-12,15,31H2,1-3H3/t26-;2*25-/m111/s1. The van der Waals surface area contributed by atoms with Gasteiger partial charge in [-0.25, -0.2) is 32.5 Å². The van der Waals surface area contributed by atoms with Gasteiger partial charge in [-0.1, -0.05) is 107 Å². The Balaban J connectivity index is 0.000000151. The lowest BCUT2D eigenvalue weighted by molar-refractivity contribution is 0.0606. The van der Waals surface area contributed by atoms with Crippen molar-refractivity contribution in [3.05, 3.63) is 307 Å². The number of aryl methyl sites for hydroxylation is 2. The summed E-state index contributed by atoms with van der Waals surface area (Å²) in [6, 6.07) is 41.9. The van der Waals surface area contributed by atoms with Crippen molar-refractivity contribution in [2.45, 2.75) is 93.1 Å². The zero-order valence-electron chi connectivity index (χ0n) is 64.9. The first-order valence-electron chi connectivity index (χ1n) is 37.8. The minimum Gasteiger partial charge on any atom is -0.448 e. The molecule has 15 rings (SSSR count). The van der Waals surface area contributed by atoms with E-state index in [1.807, 2.05) is 125 Å². The molecule has 8 aromatic heterocycles. The summed E-state index contributed by atoms with van der Waals surface area (Å²) in [5.74, 6) is -2.20. The fourth-order valence-corrected chi connectivity index (χ4v) is 16.0. The van der Waals surface area contributed by atoms with Crippen LogP contribution in [0.25, 0.3) is 66.2 Å². The second-order valence-corrected chi connectivity index (χ2v) is 31.4. The van der Waals surface area contributed by atoms with Crippen LogP contribution in [0.1, 0.15) is 136 Å². The normalized spacial score (nSPS) is 12.4. The Morgan fingerprint density at radius 1 is 0.440 bits per heavy atom. The van der Waals surface area contributed by atoms with Gasteiger partial charge in [-0.05, 0) is 191 Å². The summed E-state index contributed by atoms with van der Waals surface area (Å²) in [6.07, 6.45) is 0. The number of hydrogen-bond acceptors (Lipinski definition) is 17. The molecule has 0 spiro atoms. The van der Waals surface area contributed by atoms with Crippen molar-refractivity contribution >= 4 is 118 Å². The fraction of sp³-hybridized carbons (Fsp3) is 0.261. The number of fused-ring (bicyclic) bond motifs is 9. The molecule has 28 heteroatoms. The maximum absolute atomic E-state index is 14.4. The van der Waals surface area contributed by atoms with Crippen LogP contribution in [-0.4, -0.2) is 100 Å². The molecule has 0 aliphatic rings. The maximum atomic E-state index is 14.4. The minimum absolute atomic E-state index is 0.00870. The number of carbonyl (C=O) groups excluding carboxylic acids is 3. The maximum Gasteiger partial charge on any atom is 0.297 e. The minimum atomic E-state index is -0.709. The van der Waals surface area contributed by atoms with Crippen LogP contribution in [0, 0.1) is 54.9 Å². The molecule has 0 fully saturated rings. The number of furan rings is 3. The fourth-order valence-electron chi connectivity index (χ4n) is 14.6. The van der Waals surface area contributed by atoms with Crippen LogP contribution in [0.2, 0.25) is 5.02 Å². The number of aromatic nitrogens is 6. The van der Waals surface area contributed by atoms with E-state index >= 15 is 0 Å². The lowest BCUT2D eigenvalue weighted by Crippen LogP contribution is -2.43. The predicted octanol–water partition coefficient (Wildman–Crippen LogP) is 16.9. The third-order valence-electron chi connectivity index (χ3n) is 20.1. The van der Waals surface area contributed by atoms with Gasteiger partial charge in [0.1, 0.15) is 74.0 Å². The first kappa shape index (κ1) is 82.3. The first-order valence-corrected chi connectivity index (χ1v) is 40.1. The topological polar surface area (TPSA) is 283 Å². The molecule has 3 atom stereocenters. The number of benzene rings is 7. The third kappa shape index (κ3) is 17.2. The van der Waals surface area contributed by atoms with Crippen LogP contribution in [0.5, 0.6) is 0 Å². The molecule has 116 heavy (non-hydrogen) atoms. The molecule has 0 aliphatic carbocycles. The van der Waals surface area contributed by atoms with Crippen molar-refractivity contribution in [3.63, 3.8) is 0 Å². The molecule has 7 aromatic carbocycles. The molecule has 0 radical (unpaired) electrons. The second-order valence-electron chi connectivity index (χ2n) is 29.4. The van der Waals surface area contributed by atoms with Crippen molar-refractivity contribution in [2.75, 3.05) is 39.3 Å². The molecule has 8 heterocycles. The van der Waals surface area contributed by atoms with Gasteiger partial charge in [-0.15, -0.1) is 0 Å².